The van der Waals surface area contributed by atoms with Gasteiger partial charge in [-0.3, -0.25) is 0 Å². The predicted molar refractivity (Wildman–Crippen MR) is 85.1 cm³/mol. The molecule has 118 valence electrons. The van der Waals surface area contributed by atoms with E-state index < -0.39 is 0 Å². The Bertz CT molecular complexity index is 291. The molecule has 0 bridgehead atoms. The molecule has 2 saturated heterocycles. The number of ether oxygens (including phenoxy) is 1. The molecule has 1 N–H and O–H groups in total. The van der Waals surface area contributed by atoms with E-state index in [-0.39, 0.29) is 0 Å². The van der Waals surface area contributed by atoms with Crippen molar-refractivity contribution in [3.63, 3.8) is 0 Å². The van der Waals surface area contributed by atoms with Gasteiger partial charge < -0.3 is 15.0 Å². The lowest BCUT2D eigenvalue weighted by Crippen LogP contribution is -2.36. The third-order valence-electron chi connectivity index (χ3n) is 4.84. The van der Waals surface area contributed by atoms with Gasteiger partial charge in [-0.15, -0.1) is 0 Å². The van der Waals surface area contributed by atoms with E-state index in [0.29, 0.717) is 23.7 Å². The van der Waals surface area contributed by atoms with Gasteiger partial charge >= 0.3 is 0 Å². The summed E-state index contributed by atoms with van der Waals surface area (Å²) in [7, 11) is 0. The highest BCUT2D eigenvalue weighted by atomic mass is 16.5. The molecule has 2 unspecified atom stereocenters. The number of hydrogen-bond donors (Lipinski definition) is 1. The summed E-state index contributed by atoms with van der Waals surface area (Å²) in [5.74, 6) is 0. The maximum absolute atomic E-state index is 6.20. The zero-order valence-electron chi connectivity index (χ0n) is 14.0. The Morgan fingerprint density at radius 2 is 1.90 bits per heavy atom. The smallest absolute Gasteiger partial charge is 0.0707 e. The second kappa shape index (κ2) is 7.24. The van der Waals surface area contributed by atoms with Gasteiger partial charge in [-0.2, -0.15) is 0 Å². The summed E-state index contributed by atoms with van der Waals surface area (Å²) in [6.07, 6.45) is 7.42. The normalized spacial score (nSPS) is 31.6. The van der Waals surface area contributed by atoms with Crippen molar-refractivity contribution in [2.45, 2.75) is 78.0 Å². The molecule has 0 aromatic heterocycles. The fourth-order valence-corrected chi connectivity index (χ4v) is 3.38. The number of hydrogen-bond acceptors (Lipinski definition) is 3. The van der Waals surface area contributed by atoms with Crippen molar-refractivity contribution >= 4 is 0 Å². The Kier molecular flexibility index (Phi) is 5.88. The molecule has 2 atom stereocenters. The quantitative estimate of drug-likeness (QED) is 0.839. The first-order chi connectivity index (χ1) is 9.44. The number of nitrogens with one attached hydrogen (secondary N) is 1. The van der Waals surface area contributed by atoms with Gasteiger partial charge in [0.1, 0.15) is 0 Å². The molecule has 0 amide bonds. The maximum Gasteiger partial charge on any atom is 0.0707 e. The lowest BCUT2D eigenvalue weighted by atomic mass is 9.85. The summed E-state index contributed by atoms with van der Waals surface area (Å²) in [5, 5.41) is 3.49. The molecule has 20 heavy (non-hydrogen) atoms. The standard InChI is InChI=1S/C17H34N2O/c1-14(2)18-12-15-6-7-16(20-15)13-19-10-5-8-17(3,4)9-11-19/h14-16,18H,5-13H2,1-4H3. The van der Waals surface area contributed by atoms with Gasteiger partial charge in [-0.25, -0.2) is 0 Å². The molecule has 2 fully saturated rings. The lowest BCUT2D eigenvalue weighted by Gasteiger charge is -2.25. The van der Waals surface area contributed by atoms with Crippen LogP contribution in [-0.4, -0.2) is 49.3 Å². The van der Waals surface area contributed by atoms with E-state index in [2.05, 4.69) is 37.9 Å². The number of nitrogens with zero attached hydrogens (tertiary/aromatic N) is 1. The summed E-state index contributed by atoms with van der Waals surface area (Å²) in [6.45, 7) is 13.9. The van der Waals surface area contributed by atoms with Crippen molar-refractivity contribution in [1.82, 2.24) is 10.2 Å². The summed E-state index contributed by atoms with van der Waals surface area (Å²) in [4.78, 5) is 2.64. The average molecular weight is 282 g/mol. The SMILES string of the molecule is CC(C)NCC1CCC(CN2CCCC(C)(C)CC2)O1. The molecule has 2 rings (SSSR count). The van der Waals surface area contributed by atoms with E-state index in [1.54, 1.807) is 0 Å². The van der Waals surface area contributed by atoms with Crippen molar-refractivity contribution in [2.24, 2.45) is 5.41 Å². The van der Waals surface area contributed by atoms with Crippen molar-refractivity contribution in [3.05, 3.63) is 0 Å². The van der Waals surface area contributed by atoms with Gasteiger partial charge in [-0.1, -0.05) is 27.7 Å². The minimum atomic E-state index is 0.436. The second-order valence-corrected chi connectivity index (χ2v) is 7.84. The first kappa shape index (κ1) is 16.3. The topological polar surface area (TPSA) is 24.5 Å². The van der Waals surface area contributed by atoms with E-state index >= 15 is 0 Å². The summed E-state index contributed by atoms with van der Waals surface area (Å²) >= 11 is 0. The summed E-state index contributed by atoms with van der Waals surface area (Å²) in [5.41, 5.74) is 0.537. The van der Waals surface area contributed by atoms with Crippen molar-refractivity contribution in [2.75, 3.05) is 26.2 Å². The van der Waals surface area contributed by atoms with Gasteiger partial charge in [0, 0.05) is 19.1 Å². The Morgan fingerprint density at radius 3 is 2.65 bits per heavy atom. The average Bonchev–Trinajstić information content (AvgIpc) is 2.73. The number of likely N-dealkylation sites (tertiary alicyclic amines) is 1. The van der Waals surface area contributed by atoms with Crippen LogP contribution in [0.1, 0.15) is 59.8 Å². The zero-order valence-corrected chi connectivity index (χ0v) is 14.0. The molecule has 0 saturated carbocycles. The molecule has 0 radical (unpaired) electrons. The first-order valence-corrected chi connectivity index (χ1v) is 8.56. The molecule has 2 aliphatic rings. The van der Waals surface area contributed by atoms with Crippen molar-refractivity contribution in [3.8, 4) is 0 Å². The molecular weight excluding hydrogens is 248 g/mol. The Morgan fingerprint density at radius 1 is 1.15 bits per heavy atom. The van der Waals surface area contributed by atoms with Crippen molar-refractivity contribution < 1.29 is 4.74 Å². The highest BCUT2D eigenvalue weighted by Crippen LogP contribution is 2.30. The fourth-order valence-electron chi connectivity index (χ4n) is 3.38. The first-order valence-electron chi connectivity index (χ1n) is 8.56. The summed E-state index contributed by atoms with van der Waals surface area (Å²) < 4.78 is 6.20. The molecule has 3 heteroatoms. The van der Waals surface area contributed by atoms with Crippen LogP contribution < -0.4 is 5.32 Å². The van der Waals surface area contributed by atoms with Crippen LogP contribution >= 0.6 is 0 Å². The minimum absolute atomic E-state index is 0.436. The van der Waals surface area contributed by atoms with Crippen LogP contribution in [0.2, 0.25) is 0 Å². The van der Waals surface area contributed by atoms with Crippen LogP contribution in [0.4, 0.5) is 0 Å². The number of rotatable bonds is 5. The van der Waals surface area contributed by atoms with Crippen LogP contribution in [0, 0.1) is 5.41 Å². The Balaban J connectivity index is 1.69. The Hall–Kier alpha value is -0.120. The van der Waals surface area contributed by atoms with Crippen LogP contribution in [0.3, 0.4) is 0 Å². The van der Waals surface area contributed by atoms with Gasteiger partial charge in [0.25, 0.3) is 0 Å². The highest BCUT2D eigenvalue weighted by Gasteiger charge is 2.29. The third kappa shape index (κ3) is 5.34. The Labute approximate surface area is 125 Å². The van der Waals surface area contributed by atoms with Crippen LogP contribution in [0.25, 0.3) is 0 Å². The largest absolute Gasteiger partial charge is 0.372 e. The van der Waals surface area contributed by atoms with Gasteiger partial charge in [0.05, 0.1) is 12.2 Å². The molecule has 0 aliphatic carbocycles. The van der Waals surface area contributed by atoms with E-state index in [1.165, 1.54) is 45.2 Å². The van der Waals surface area contributed by atoms with Crippen LogP contribution in [0.5, 0.6) is 0 Å². The molecule has 0 aromatic rings. The predicted octanol–water partition coefficient (Wildman–Crippen LogP) is 3.04. The third-order valence-corrected chi connectivity index (χ3v) is 4.84. The van der Waals surface area contributed by atoms with Crippen LogP contribution in [0.15, 0.2) is 0 Å². The van der Waals surface area contributed by atoms with E-state index in [9.17, 15) is 0 Å². The molecular formula is C17H34N2O. The fraction of sp³-hybridized carbons (Fsp3) is 1.00. The summed E-state index contributed by atoms with van der Waals surface area (Å²) in [6, 6.07) is 0.561. The van der Waals surface area contributed by atoms with Gasteiger partial charge in [0.15, 0.2) is 0 Å². The van der Waals surface area contributed by atoms with E-state index in [1.807, 2.05) is 0 Å². The van der Waals surface area contributed by atoms with Crippen LogP contribution in [-0.2, 0) is 4.74 Å². The monoisotopic (exact) mass is 282 g/mol. The zero-order chi connectivity index (χ0) is 14.6. The molecule has 0 spiro atoms. The minimum Gasteiger partial charge on any atom is -0.372 e. The van der Waals surface area contributed by atoms with Crippen molar-refractivity contribution in [1.29, 1.82) is 0 Å². The van der Waals surface area contributed by atoms with E-state index in [4.69, 9.17) is 4.74 Å². The van der Waals surface area contributed by atoms with Gasteiger partial charge in [0.2, 0.25) is 0 Å². The van der Waals surface area contributed by atoms with Gasteiger partial charge in [-0.05, 0) is 50.6 Å². The lowest BCUT2D eigenvalue weighted by molar-refractivity contribution is 0.0228. The highest BCUT2D eigenvalue weighted by molar-refractivity contribution is 4.81. The molecule has 2 aliphatic heterocycles. The molecule has 3 nitrogen and oxygen atoms in total. The second-order valence-electron chi connectivity index (χ2n) is 7.84. The van der Waals surface area contributed by atoms with E-state index in [0.717, 1.165) is 13.1 Å². The maximum atomic E-state index is 6.20. The molecule has 2 heterocycles. The molecule has 0 aromatic carbocycles.